The van der Waals surface area contributed by atoms with Crippen molar-refractivity contribution in [2.24, 2.45) is 0 Å². The van der Waals surface area contributed by atoms with Gasteiger partial charge < -0.3 is 20.1 Å². The first-order valence-corrected chi connectivity index (χ1v) is 12.1. The number of likely N-dealkylation sites (N-methyl/N-ethyl adjacent to an activating group) is 1. The number of rotatable bonds is 5. The summed E-state index contributed by atoms with van der Waals surface area (Å²) < 4.78 is 15.9. The average Bonchev–Trinajstić information content (AvgIpc) is 3.54. The summed E-state index contributed by atoms with van der Waals surface area (Å²) in [6.45, 7) is 5.45. The number of aromatic nitrogens is 7. The molecular weight excluding hydrogens is 475 g/mol. The van der Waals surface area contributed by atoms with Gasteiger partial charge in [0.2, 0.25) is 5.91 Å². The zero-order valence-electron chi connectivity index (χ0n) is 20.4. The highest BCUT2D eigenvalue weighted by Gasteiger charge is 2.23. The molecule has 0 radical (unpaired) electrons. The molecule has 0 saturated carbocycles. The van der Waals surface area contributed by atoms with E-state index in [1.165, 1.54) is 18.6 Å². The van der Waals surface area contributed by atoms with Gasteiger partial charge in [-0.1, -0.05) is 6.92 Å². The third-order valence-corrected chi connectivity index (χ3v) is 6.59. The average molecular weight is 501 g/mol. The summed E-state index contributed by atoms with van der Waals surface area (Å²) in [5.41, 5.74) is 4.09. The Hall–Kier alpha value is -4.45. The summed E-state index contributed by atoms with van der Waals surface area (Å²) in [6, 6.07) is 3.60. The van der Waals surface area contributed by atoms with E-state index in [9.17, 15) is 4.79 Å². The van der Waals surface area contributed by atoms with E-state index in [0.29, 0.717) is 40.4 Å². The molecule has 0 bridgehead atoms. The second kappa shape index (κ2) is 9.21. The molecule has 0 aromatic carbocycles. The van der Waals surface area contributed by atoms with Crippen LogP contribution < -0.4 is 10.2 Å². The molecule has 1 fully saturated rings. The Morgan fingerprint density at radius 3 is 2.78 bits per heavy atom. The van der Waals surface area contributed by atoms with Crippen LogP contribution in [-0.4, -0.2) is 79.2 Å². The molecule has 0 aliphatic carbocycles. The van der Waals surface area contributed by atoms with Gasteiger partial charge >= 0.3 is 0 Å². The highest BCUT2D eigenvalue weighted by Crippen LogP contribution is 2.34. The lowest BCUT2D eigenvalue weighted by atomic mass is 10.1. The Labute approximate surface area is 211 Å². The van der Waals surface area contributed by atoms with Crippen LogP contribution in [0.15, 0.2) is 36.9 Å². The van der Waals surface area contributed by atoms with Gasteiger partial charge in [-0.3, -0.25) is 19.9 Å². The number of fused-ring (bicyclic) bond motifs is 2. The number of pyridine rings is 3. The fourth-order valence-corrected chi connectivity index (χ4v) is 4.55. The van der Waals surface area contributed by atoms with Crippen LogP contribution >= 0.6 is 0 Å². The number of anilines is 2. The molecule has 0 atom stereocenters. The molecule has 5 aromatic rings. The van der Waals surface area contributed by atoms with Crippen molar-refractivity contribution < 1.29 is 9.18 Å². The number of halogens is 1. The van der Waals surface area contributed by atoms with Crippen molar-refractivity contribution >= 4 is 39.3 Å². The fraction of sp³-hybridized carbons (Fsp3) is 0.280. The molecule has 5 aromatic heterocycles. The first-order valence-electron chi connectivity index (χ1n) is 12.1. The summed E-state index contributed by atoms with van der Waals surface area (Å²) in [5, 5.41) is 10.2. The number of carbonyl (C=O) groups is 1. The zero-order chi connectivity index (χ0) is 25.5. The highest BCUT2D eigenvalue weighted by atomic mass is 19.1. The largest absolute Gasteiger partial charge is 0.367 e. The first-order chi connectivity index (χ1) is 18.0. The number of piperazine rings is 1. The molecular formula is C25H25FN10O. The van der Waals surface area contributed by atoms with Crippen LogP contribution in [0.4, 0.5) is 15.8 Å². The molecule has 11 nitrogen and oxygen atoms in total. The summed E-state index contributed by atoms with van der Waals surface area (Å²) in [4.78, 5) is 37.3. The van der Waals surface area contributed by atoms with Gasteiger partial charge in [0, 0.05) is 50.6 Å². The van der Waals surface area contributed by atoms with Gasteiger partial charge in [-0.2, -0.15) is 5.10 Å². The predicted molar refractivity (Wildman–Crippen MR) is 139 cm³/mol. The topological polar surface area (TPSA) is 132 Å². The molecule has 1 amide bonds. The van der Waals surface area contributed by atoms with E-state index >= 15 is 4.39 Å². The van der Waals surface area contributed by atoms with Crippen molar-refractivity contribution in [3.05, 3.63) is 42.7 Å². The van der Waals surface area contributed by atoms with Crippen LogP contribution in [0.3, 0.4) is 0 Å². The predicted octanol–water partition coefficient (Wildman–Crippen LogP) is 3.20. The van der Waals surface area contributed by atoms with E-state index < -0.39 is 5.82 Å². The standard InChI is InChI=1S/C25H25FN10O/c1-3-18(37)30-15-10-14(11-27-12-15)21-20(26)19-16(13-29-21)33-34-23(19)25-31-22-17(4-5-28-24(22)32-25)36-8-6-35(2)7-9-36/h4-5,10-13H,3,6-9H2,1-2H3,(H,30,37)(H,33,34)(H,28,31,32). The normalized spacial score (nSPS) is 14.5. The summed E-state index contributed by atoms with van der Waals surface area (Å²) in [7, 11) is 2.11. The molecule has 1 aliphatic rings. The Bertz CT molecular complexity index is 1620. The maximum absolute atomic E-state index is 15.9. The molecule has 0 unspecified atom stereocenters. The van der Waals surface area contributed by atoms with E-state index in [1.807, 2.05) is 6.07 Å². The molecule has 1 saturated heterocycles. The van der Waals surface area contributed by atoms with E-state index in [4.69, 9.17) is 4.98 Å². The molecule has 3 N–H and O–H groups in total. The van der Waals surface area contributed by atoms with Crippen molar-refractivity contribution in [3.8, 4) is 22.8 Å². The minimum absolute atomic E-state index is 0.0996. The van der Waals surface area contributed by atoms with Crippen molar-refractivity contribution in [2.45, 2.75) is 13.3 Å². The van der Waals surface area contributed by atoms with Gasteiger partial charge in [0.1, 0.15) is 16.9 Å². The van der Waals surface area contributed by atoms with Crippen LogP contribution in [-0.2, 0) is 4.79 Å². The van der Waals surface area contributed by atoms with Crippen LogP contribution in [0.5, 0.6) is 0 Å². The number of amides is 1. The van der Waals surface area contributed by atoms with E-state index in [1.54, 1.807) is 19.2 Å². The third-order valence-electron chi connectivity index (χ3n) is 6.59. The molecule has 6 heterocycles. The van der Waals surface area contributed by atoms with Crippen molar-refractivity contribution in [1.29, 1.82) is 0 Å². The van der Waals surface area contributed by atoms with E-state index in [2.05, 4.69) is 52.3 Å². The second-order valence-electron chi connectivity index (χ2n) is 9.05. The van der Waals surface area contributed by atoms with Crippen LogP contribution in [0, 0.1) is 5.82 Å². The van der Waals surface area contributed by atoms with Gasteiger partial charge in [-0.25, -0.2) is 14.4 Å². The van der Waals surface area contributed by atoms with Crippen LogP contribution in [0.25, 0.3) is 44.8 Å². The fourth-order valence-electron chi connectivity index (χ4n) is 4.55. The number of imidazole rings is 1. The summed E-state index contributed by atoms with van der Waals surface area (Å²) in [5.74, 6) is -0.308. The molecule has 1 aliphatic heterocycles. The molecule has 37 heavy (non-hydrogen) atoms. The minimum atomic E-state index is -0.560. The smallest absolute Gasteiger partial charge is 0.224 e. The summed E-state index contributed by atoms with van der Waals surface area (Å²) in [6.07, 6.45) is 6.62. The zero-order valence-corrected chi connectivity index (χ0v) is 20.4. The number of hydrogen-bond donors (Lipinski definition) is 3. The molecule has 0 spiro atoms. The lowest BCUT2D eigenvalue weighted by molar-refractivity contribution is -0.115. The number of nitrogens with one attached hydrogen (secondary N) is 3. The Morgan fingerprint density at radius 1 is 1.14 bits per heavy atom. The lowest BCUT2D eigenvalue weighted by Crippen LogP contribution is -2.44. The Balaban J connectivity index is 1.42. The highest BCUT2D eigenvalue weighted by molar-refractivity contribution is 5.97. The monoisotopic (exact) mass is 500 g/mol. The maximum Gasteiger partial charge on any atom is 0.224 e. The molecule has 188 valence electrons. The van der Waals surface area contributed by atoms with Gasteiger partial charge in [0.15, 0.2) is 17.3 Å². The van der Waals surface area contributed by atoms with Crippen LogP contribution in [0.2, 0.25) is 0 Å². The van der Waals surface area contributed by atoms with E-state index in [0.717, 1.165) is 37.4 Å². The van der Waals surface area contributed by atoms with Gasteiger partial charge in [-0.05, 0) is 19.2 Å². The van der Waals surface area contributed by atoms with Crippen molar-refractivity contribution in [1.82, 2.24) is 40.0 Å². The maximum atomic E-state index is 15.9. The lowest BCUT2D eigenvalue weighted by Gasteiger charge is -2.33. The summed E-state index contributed by atoms with van der Waals surface area (Å²) >= 11 is 0. The number of aromatic amines is 2. The SMILES string of the molecule is CCC(=O)Nc1cncc(-c2ncc3[nH]nc(-c4nc5c(N6CCN(C)CC6)ccnc5[nH]4)c3c2F)c1. The number of nitrogens with zero attached hydrogens (tertiary/aromatic N) is 7. The van der Waals surface area contributed by atoms with Gasteiger partial charge in [0.05, 0.1) is 34.7 Å². The Kier molecular flexibility index (Phi) is 5.72. The molecule has 12 heteroatoms. The van der Waals surface area contributed by atoms with Crippen LogP contribution in [0.1, 0.15) is 13.3 Å². The van der Waals surface area contributed by atoms with Crippen molar-refractivity contribution in [3.63, 3.8) is 0 Å². The quantitative estimate of drug-likeness (QED) is 0.335. The minimum Gasteiger partial charge on any atom is -0.367 e. The Morgan fingerprint density at radius 2 is 1.97 bits per heavy atom. The van der Waals surface area contributed by atoms with Gasteiger partial charge in [-0.15, -0.1) is 0 Å². The van der Waals surface area contributed by atoms with E-state index in [-0.39, 0.29) is 17.0 Å². The number of hydrogen-bond acceptors (Lipinski definition) is 8. The van der Waals surface area contributed by atoms with Gasteiger partial charge in [0.25, 0.3) is 0 Å². The second-order valence-corrected chi connectivity index (χ2v) is 9.05. The third kappa shape index (κ3) is 4.14. The number of H-pyrrole nitrogens is 2. The molecule has 6 rings (SSSR count). The van der Waals surface area contributed by atoms with Crippen molar-refractivity contribution in [2.75, 3.05) is 43.4 Å². The number of carbonyl (C=O) groups excluding carboxylic acids is 1. The first kappa shape index (κ1) is 23.0.